The van der Waals surface area contributed by atoms with Gasteiger partial charge in [-0.2, -0.15) is 0 Å². The van der Waals surface area contributed by atoms with E-state index in [1.54, 1.807) is 0 Å². The molecule has 0 unspecified atom stereocenters. The van der Waals surface area contributed by atoms with Gasteiger partial charge in [0.1, 0.15) is 0 Å². The van der Waals surface area contributed by atoms with Gasteiger partial charge in [0.2, 0.25) is 0 Å². The van der Waals surface area contributed by atoms with Crippen LogP contribution >= 0.6 is 0 Å². The molecule has 0 saturated carbocycles. The topological polar surface area (TPSA) is 0 Å². The fourth-order valence-electron chi connectivity index (χ4n) is 0. The molecule has 0 nitrogen and oxygen atoms in total. The van der Waals surface area contributed by atoms with E-state index in [0.717, 1.165) is 0 Å². The van der Waals surface area contributed by atoms with E-state index < -0.39 is 0 Å². The Labute approximate surface area is 48.5 Å². The van der Waals surface area contributed by atoms with E-state index in [0.29, 0.717) is 0 Å². The summed E-state index contributed by atoms with van der Waals surface area (Å²) in [4.78, 5) is 4.59. The van der Waals surface area contributed by atoms with Crippen LogP contribution in [0.5, 0.6) is 0 Å². The summed E-state index contributed by atoms with van der Waals surface area (Å²) in [5, 5.41) is 0. The van der Waals surface area contributed by atoms with Crippen LogP contribution in [0.4, 0.5) is 0 Å². The largest absolute Gasteiger partial charge is 0 e. The smallest absolute Gasteiger partial charge is 0 e. The number of hydrogen-bond donors (Lipinski definition) is 0. The Kier molecular flexibility index (Phi) is 19.9. The van der Waals surface area contributed by atoms with Crippen LogP contribution in [0.25, 0.3) is 0 Å². The molecular formula is C2H6GeSn. The molecule has 0 aromatic carbocycles. The molecule has 0 aliphatic carbocycles. The molecule has 0 atom stereocenters. The summed E-state index contributed by atoms with van der Waals surface area (Å²) in [6, 6.07) is 0. The molecule has 0 aliphatic rings. The summed E-state index contributed by atoms with van der Waals surface area (Å²) in [5.41, 5.74) is 0. The second-order valence-corrected chi connectivity index (χ2v) is 3.35. The van der Waals surface area contributed by atoms with Crippen molar-refractivity contribution >= 4 is 38.7 Å². The predicted octanol–water partition coefficient (Wildman–Crippen LogP) is 0.406. The minimum atomic E-state index is 0. The van der Waals surface area contributed by atoms with Gasteiger partial charge in [0, 0.05) is 17.6 Å². The van der Waals surface area contributed by atoms with Crippen molar-refractivity contribution in [3.05, 3.63) is 0 Å². The zero-order valence-corrected chi connectivity index (χ0v) is 7.95. The van der Waals surface area contributed by atoms with Crippen LogP contribution in [0.3, 0.4) is 0 Å². The molecule has 0 aliphatic heterocycles. The zero-order chi connectivity index (χ0) is 2.71. The van der Waals surface area contributed by atoms with Gasteiger partial charge in [-0.3, -0.25) is 0 Å². The fourth-order valence-corrected chi connectivity index (χ4v) is 0. The van der Waals surface area contributed by atoms with Crippen molar-refractivity contribution in [2.75, 3.05) is 0 Å². The summed E-state index contributed by atoms with van der Waals surface area (Å²) in [7, 11) is 0. The molecule has 6 radical (unpaired) electrons. The molecule has 0 heterocycles. The summed E-state index contributed by atoms with van der Waals surface area (Å²) in [6.45, 7) is 0. The second-order valence-electron chi connectivity index (χ2n) is 0.500. The summed E-state index contributed by atoms with van der Waals surface area (Å²) in [6.07, 6.45) is 0. The molecule has 0 spiro atoms. The van der Waals surface area contributed by atoms with E-state index in [-0.39, 0.29) is 38.7 Å². The average Bonchev–Trinajstić information content (AvgIpc) is 0.918. The van der Waals surface area contributed by atoms with Crippen LogP contribution in [0.2, 0.25) is 9.88 Å². The van der Waals surface area contributed by atoms with E-state index in [4.69, 9.17) is 0 Å². The molecular weight excluding hydrogens is 215 g/mol. The third kappa shape index (κ3) is 10.2. The minimum absolute atomic E-state index is 0. The van der Waals surface area contributed by atoms with Crippen LogP contribution in [0, 0.1) is 0 Å². The summed E-state index contributed by atoms with van der Waals surface area (Å²) in [5.74, 6) is 0. The maximum atomic E-state index is 2.30. The average molecular weight is 221 g/mol. The standard InChI is InChI=1S/2CH3.Ge.Sn/h2*1H3;;. The van der Waals surface area contributed by atoms with Crippen molar-refractivity contribution in [2.45, 2.75) is 9.88 Å². The van der Waals surface area contributed by atoms with Gasteiger partial charge in [-0.25, -0.2) is 0 Å². The van der Waals surface area contributed by atoms with Crippen LogP contribution < -0.4 is 0 Å². The normalized spacial score (nSPS) is 4.50. The van der Waals surface area contributed by atoms with Crippen molar-refractivity contribution in [1.29, 1.82) is 0 Å². The molecule has 2 heteroatoms. The van der Waals surface area contributed by atoms with Crippen molar-refractivity contribution in [3.63, 3.8) is 0 Å². The van der Waals surface area contributed by atoms with Crippen molar-refractivity contribution in [1.82, 2.24) is 0 Å². The Morgan fingerprint density at radius 2 is 1.25 bits per heavy atom. The molecule has 0 aromatic heterocycles. The summed E-state index contributed by atoms with van der Waals surface area (Å²) < 4.78 is 0. The van der Waals surface area contributed by atoms with E-state index in [1.165, 1.54) is 0 Å². The van der Waals surface area contributed by atoms with Crippen LogP contribution in [-0.4, -0.2) is 38.7 Å². The Morgan fingerprint density at radius 1 is 1.25 bits per heavy atom. The first kappa shape index (κ1) is 9.02. The fraction of sp³-hybridized carbons (Fsp3) is 1.00. The van der Waals surface area contributed by atoms with E-state index in [2.05, 4.69) is 9.88 Å². The molecule has 0 N–H and O–H groups in total. The van der Waals surface area contributed by atoms with Crippen LogP contribution in [0.1, 0.15) is 0 Å². The third-order valence-electron chi connectivity index (χ3n) is 0. The maximum absolute atomic E-state index is 2.30. The van der Waals surface area contributed by atoms with Crippen molar-refractivity contribution in [2.24, 2.45) is 0 Å². The zero-order valence-electron chi connectivity index (χ0n) is 3.00. The SMILES string of the molecule is [CH3][Sn][CH3].[Ge]. The number of hydrogen-bond acceptors (Lipinski definition) is 0. The third-order valence-corrected chi connectivity index (χ3v) is 0. The molecule has 4 heavy (non-hydrogen) atoms. The minimum Gasteiger partial charge on any atom is 0 e. The van der Waals surface area contributed by atoms with Gasteiger partial charge in [-0.15, -0.1) is 0 Å². The van der Waals surface area contributed by atoms with Gasteiger partial charge in [0.25, 0.3) is 0 Å². The molecule has 0 fully saturated rings. The first-order valence-corrected chi connectivity index (χ1v) is 6.71. The Hall–Kier alpha value is 1.34. The molecule has 0 aromatic rings. The molecule has 22 valence electrons. The summed E-state index contributed by atoms with van der Waals surface area (Å²) >= 11 is 0.230. The number of rotatable bonds is 0. The Bertz CT molecular complexity index is 6.00. The van der Waals surface area contributed by atoms with Gasteiger partial charge in [0.15, 0.2) is 0 Å². The first-order valence-electron chi connectivity index (χ1n) is 1.00. The maximum Gasteiger partial charge on any atom is 0 e. The second kappa shape index (κ2) is 8.84. The van der Waals surface area contributed by atoms with Crippen molar-refractivity contribution < 1.29 is 0 Å². The van der Waals surface area contributed by atoms with Gasteiger partial charge in [-0.1, -0.05) is 0 Å². The van der Waals surface area contributed by atoms with Crippen LogP contribution in [-0.2, 0) is 0 Å². The monoisotopic (exact) mass is 224 g/mol. The Balaban J connectivity index is 0. The van der Waals surface area contributed by atoms with E-state index in [1.807, 2.05) is 0 Å². The Morgan fingerprint density at radius 3 is 1.25 bits per heavy atom. The molecule has 0 bridgehead atoms. The molecule has 0 saturated heterocycles. The van der Waals surface area contributed by atoms with Gasteiger partial charge in [0.05, 0.1) is 0 Å². The molecule has 0 rings (SSSR count). The van der Waals surface area contributed by atoms with Gasteiger partial charge >= 0.3 is 31.0 Å². The first-order chi connectivity index (χ1) is 1.41. The van der Waals surface area contributed by atoms with Gasteiger partial charge in [-0.05, 0) is 0 Å². The quantitative estimate of drug-likeness (QED) is 0.520. The molecule has 0 amide bonds. The van der Waals surface area contributed by atoms with Gasteiger partial charge < -0.3 is 0 Å². The van der Waals surface area contributed by atoms with Crippen LogP contribution in [0.15, 0.2) is 0 Å². The van der Waals surface area contributed by atoms with Crippen molar-refractivity contribution in [3.8, 4) is 0 Å². The predicted molar refractivity (Wildman–Crippen MR) is 23.2 cm³/mol. The van der Waals surface area contributed by atoms with E-state index in [9.17, 15) is 0 Å². The van der Waals surface area contributed by atoms with E-state index >= 15 is 0 Å².